The standard InChI is InChI=1S/C6H12Cl2O2/c7-5(3-4-9)1-2-6(8)10/h5-6,9-10H,1-4H2. The van der Waals surface area contributed by atoms with Crippen LogP contribution >= 0.6 is 23.2 Å². The van der Waals surface area contributed by atoms with E-state index in [4.69, 9.17) is 33.4 Å². The van der Waals surface area contributed by atoms with Gasteiger partial charge in [0.15, 0.2) is 0 Å². The Balaban J connectivity index is 3.12. The first-order valence-electron chi connectivity index (χ1n) is 3.24. The van der Waals surface area contributed by atoms with Crippen molar-refractivity contribution in [2.45, 2.75) is 30.2 Å². The zero-order chi connectivity index (χ0) is 7.98. The van der Waals surface area contributed by atoms with E-state index in [0.717, 1.165) is 0 Å². The minimum Gasteiger partial charge on any atom is -0.396 e. The maximum Gasteiger partial charge on any atom is 0.128 e. The molecule has 0 heterocycles. The van der Waals surface area contributed by atoms with Gasteiger partial charge in [-0.25, -0.2) is 0 Å². The fourth-order valence-electron chi connectivity index (χ4n) is 0.603. The first-order chi connectivity index (χ1) is 4.66. The molecule has 0 aromatic rings. The van der Waals surface area contributed by atoms with Gasteiger partial charge in [-0.1, -0.05) is 11.6 Å². The van der Waals surface area contributed by atoms with Crippen LogP contribution in [0.3, 0.4) is 0 Å². The van der Waals surface area contributed by atoms with Crippen LogP contribution < -0.4 is 0 Å². The Hall–Kier alpha value is 0.500. The first-order valence-corrected chi connectivity index (χ1v) is 4.11. The number of halogens is 2. The average molecular weight is 187 g/mol. The van der Waals surface area contributed by atoms with Crippen molar-refractivity contribution in [3.8, 4) is 0 Å². The molecule has 0 saturated carbocycles. The fourth-order valence-corrected chi connectivity index (χ4v) is 0.952. The molecule has 4 heteroatoms. The molecule has 2 nitrogen and oxygen atoms in total. The molecule has 62 valence electrons. The molecule has 0 saturated heterocycles. The average Bonchev–Trinajstić information content (AvgIpc) is 1.85. The van der Waals surface area contributed by atoms with E-state index in [1.54, 1.807) is 0 Å². The van der Waals surface area contributed by atoms with Crippen LogP contribution in [-0.4, -0.2) is 27.8 Å². The lowest BCUT2D eigenvalue weighted by atomic mass is 10.2. The molecule has 0 aliphatic heterocycles. The third-order valence-corrected chi connectivity index (χ3v) is 1.82. The number of aliphatic hydroxyl groups excluding tert-OH is 2. The molecule has 0 spiro atoms. The number of aliphatic hydroxyl groups is 2. The topological polar surface area (TPSA) is 40.5 Å². The van der Waals surface area contributed by atoms with Crippen molar-refractivity contribution in [3.05, 3.63) is 0 Å². The van der Waals surface area contributed by atoms with Crippen molar-refractivity contribution in [2.24, 2.45) is 0 Å². The summed E-state index contributed by atoms with van der Waals surface area (Å²) in [6.45, 7) is 0.0898. The van der Waals surface area contributed by atoms with Gasteiger partial charge in [-0.3, -0.25) is 0 Å². The van der Waals surface area contributed by atoms with Gasteiger partial charge in [0.25, 0.3) is 0 Å². The van der Waals surface area contributed by atoms with E-state index in [-0.39, 0.29) is 12.0 Å². The van der Waals surface area contributed by atoms with E-state index >= 15 is 0 Å². The third kappa shape index (κ3) is 6.62. The molecule has 0 rings (SSSR count). The van der Waals surface area contributed by atoms with Gasteiger partial charge < -0.3 is 10.2 Å². The van der Waals surface area contributed by atoms with Crippen LogP contribution in [0.2, 0.25) is 0 Å². The Bertz CT molecular complexity index is 78.1. The number of alkyl halides is 2. The summed E-state index contributed by atoms with van der Waals surface area (Å²) in [7, 11) is 0. The van der Waals surface area contributed by atoms with Gasteiger partial charge in [0, 0.05) is 12.0 Å². The molecule has 2 N–H and O–H groups in total. The van der Waals surface area contributed by atoms with Gasteiger partial charge >= 0.3 is 0 Å². The highest BCUT2D eigenvalue weighted by atomic mass is 35.5. The lowest BCUT2D eigenvalue weighted by Gasteiger charge is -2.06. The lowest BCUT2D eigenvalue weighted by Crippen LogP contribution is -2.05. The molecule has 2 unspecified atom stereocenters. The Morgan fingerprint density at radius 2 is 1.70 bits per heavy atom. The first kappa shape index (κ1) is 10.5. The fraction of sp³-hybridized carbons (Fsp3) is 1.00. The van der Waals surface area contributed by atoms with Gasteiger partial charge in [0.1, 0.15) is 5.56 Å². The molecule has 0 bridgehead atoms. The van der Waals surface area contributed by atoms with Gasteiger partial charge in [-0.15, -0.1) is 11.6 Å². The van der Waals surface area contributed by atoms with E-state index in [2.05, 4.69) is 0 Å². The third-order valence-electron chi connectivity index (χ3n) is 1.16. The van der Waals surface area contributed by atoms with E-state index in [9.17, 15) is 0 Å². The molecule has 0 aromatic carbocycles. The maximum absolute atomic E-state index is 8.61. The zero-order valence-corrected chi connectivity index (χ0v) is 7.15. The Morgan fingerprint density at radius 1 is 1.10 bits per heavy atom. The summed E-state index contributed by atoms with van der Waals surface area (Å²) in [5, 5.41) is 17.0. The van der Waals surface area contributed by atoms with Crippen molar-refractivity contribution in [1.29, 1.82) is 0 Å². The SMILES string of the molecule is OCCC(Cl)CCC(O)Cl. The summed E-state index contributed by atoms with van der Waals surface area (Å²) in [6.07, 6.45) is 1.69. The van der Waals surface area contributed by atoms with Crippen LogP contribution in [0.4, 0.5) is 0 Å². The molecular formula is C6H12Cl2O2. The zero-order valence-electron chi connectivity index (χ0n) is 5.63. The quantitative estimate of drug-likeness (QED) is 0.637. The highest BCUT2D eigenvalue weighted by Crippen LogP contribution is 2.12. The predicted molar refractivity (Wildman–Crippen MR) is 42.4 cm³/mol. The summed E-state index contributed by atoms with van der Waals surface area (Å²) in [4.78, 5) is 0. The largest absolute Gasteiger partial charge is 0.396 e. The van der Waals surface area contributed by atoms with Crippen LogP contribution in [0.25, 0.3) is 0 Å². The van der Waals surface area contributed by atoms with Crippen LogP contribution in [0, 0.1) is 0 Å². The second-order valence-electron chi connectivity index (χ2n) is 2.12. The molecule has 0 aromatic heterocycles. The van der Waals surface area contributed by atoms with E-state index < -0.39 is 5.56 Å². The van der Waals surface area contributed by atoms with Crippen molar-refractivity contribution >= 4 is 23.2 Å². The van der Waals surface area contributed by atoms with Crippen LogP contribution in [0.5, 0.6) is 0 Å². The molecule has 2 atom stereocenters. The van der Waals surface area contributed by atoms with Crippen molar-refractivity contribution in [1.82, 2.24) is 0 Å². The van der Waals surface area contributed by atoms with E-state index in [1.165, 1.54) is 0 Å². The Morgan fingerprint density at radius 3 is 2.10 bits per heavy atom. The smallest absolute Gasteiger partial charge is 0.128 e. The molecule has 0 aliphatic carbocycles. The highest BCUT2D eigenvalue weighted by Gasteiger charge is 2.05. The summed E-state index contributed by atoms with van der Waals surface area (Å²) < 4.78 is 0. The van der Waals surface area contributed by atoms with Crippen molar-refractivity contribution in [3.63, 3.8) is 0 Å². The van der Waals surface area contributed by atoms with Crippen LogP contribution in [0.1, 0.15) is 19.3 Å². The lowest BCUT2D eigenvalue weighted by molar-refractivity contribution is 0.236. The summed E-state index contributed by atoms with van der Waals surface area (Å²) >= 11 is 11.0. The minimum atomic E-state index is -0.806. The van der Waals surface area contributed by atoms with Crippen molar-refractivity contribution in [2.75, 3.05) is 6.61 Å². The van der Waals surface area contributed by atoms with Gasteiger partial charge in [-0.05, 0) is 19.3 Å². The second-order valence-corrected chi connectivity index (χ2v) is 3.24. The molecular weight excluding hydrogens is 175 g/mol. The molecule has 0 amide bonds. The summed E-state index contributed by atoms with van der Waals surface area (Å²) in [5.41, 5.74) is -0.806. The molecule has 10 heavy (non-hydrogen) atoms. The normalized spacial score (nSPS) is 16.8. The summed E-state index contributed by atoms with van der Waals surface area (Å²) in [5.74, 6) is 0. The van der Waals surface area contributed by atoms with Crippen LogP contribution in [0.15, 0.2) is 0 Å². The molecule has 0 radical (unpaired) electrons. The Labute approximate surface area is 70.8 Å². The Kier molecular flexibility index (Phi) is 6.54. The number of rotatable bonds is 5. The minimum absolute atomic E-state index is 0.0709. The number of hydrogen-bond acceptors (Lipinski definition) is 2. The van der Waals surface area contributed by atoms with Crippen LogP contribution in [-0.2, 0) is 0 Å². The van der Waals surface area contributed by atoms with Gasteiger partial charge in [0.2, 0.25) is 0 Å². The number of hydrogen-bond donors (Lipinski definition) is 2. The predicted octanol–water partition coefficient (Wildman–Crippen LogP) is 1.31. The van der Waals surface area contributed by atoms with Crippen molar-refractivity contribution < 1.29 is 10.2 Å². The van der Waals surface area contributed by atoms with E-state index in [0.29, 0.717) is 19.3 Å². The molecule has 0 aliphatic rings. The monoisotopic (exact) mass is 186 g/mol. The summed E-state index contributed by atoms with van der Waals surface area (Å²) in [6, 6.07) is 0. The second kappa shape index (κ2) is 6.23. The van der Waals surface area contributed by atoms with Gasteiger partial charge in [0.05, 0.1) is 0 Å². The van der Waals surface area contributed by atoms with Gasteiger partial charge in [-0.2, -0.15) is 0 Å². The maximum atomic E-state index is 8.61. The van der Waals surface area contributed by atoms with E-state index in [1.807, 2.05) is 0 Å². The molecule has 0 fully saturated rings. The highest BCUT2D eigenvalue weighted by molar-refractivity contribution is 6.21.